The zero-order valence-electron chi connectivity index (χ0n) is 19.6. The van der Waals surface area contributed by atoms with Crippen LogP contribution in [0.3, 0.4) is 0 Å². The van der Waals surface area contributed by atoms with Crippen LogP contribution in [0.5, 0.6) is 0 Å². The van der Waals surface area contributed by atoms with Gasteiger partial charge in [0.05, 0.1) is 12.8 Å². The van der Waals surface area contributed by atoms with E-state index in [4.69, 9.17) is 14.7 Å². The first-order valence-corrected chi connectivity index (χ1v) is 11.7. The quantitative estimate of drug-likeness (QED) is 0.392. The van der Waals surface area contributed by atoms with E-state index < -0.39 is 6.04 Å². The van der Waals surface area contributed by atoms with Crippen molar-refractivity contribution in [3.05, 3.63) is 96.3 Å². The molecule has 1 unspecified atom stereocenters. The maximum atomic E-state index is 12.5. The molecule has 7 heteroatoms. The van der Waals surface area contributed by atoms with Crippen molar-refractivity contribution in [1.82, 2.24) is 15.0 Å². The summed E-state index contributed by atoms with van der Waals surface area (Å²) in [5.41, 5.74) is 5.33. The Morgan fingerprint density at radius 3 is 2.60 bits per heavy atom. The van der Waals surface area contributed by atoms with Crippen LogP contribution in [0.4, 0.5) is 17.5 Å². The van der Waals surface area contributed by atoms with Gasteiger partial charge in [-0.3, -0.25) is 4.98 Å². The van der Waals surface area contributed by atoms with Crippen LogP contribution in [0.25, 0.3) is 11.3 Å². The lowest BCUT2D eigenvalue weighted by atomic mass is 10.0. The van der Waals surface area contributed by atoms with Crippen molar-refractivity contribution in [3.8, 4) is 11.3 Å². The number of fused-ring (bicyclic) bond motifs is 1. The molecule has 176 valence electrons. The summed E-state index contributed by atoms with van der Waals surface area (Å²) in [6, 6.07) is 23.4. The minimum absolute atomic E-state index is 0.357. The summed E-state index contributed by atoms with van der Waals surface area (Å²) in [4.78, 5) is 28.5. The van der Waals surface area contributed by atoms with Gasteiger partial charge in [0.1, 0.15) is 11.9 Å². The van der Waals surface area contributed by atoms with Gasteiger partial charge in [-0.25, -0.2) is 9.78 Å². The van der Waals surface area contributed by atoms with Crippen LogP contribution in [0, 0.1) is 0 Å². The zero-order valence-corrected chi connectivity index (χ0v) is 19.6. The van der Waals surface area contributed by atoms with Crippen molar-refractivity contribution in [1.29, 1.82) is 0 Å². The lowest BCUT2D eigenvalue weighted by Gasteiger charge is -2.30. The minimum Gasteiger partial charge on any atom is -0.467 e. The molecular weight excluding hydrogens is 438 g/mol. The van der Waals surface area contributed by atoms with Gasteiger partial charge >= 0.3 is 5.97 Å². The average molecular weight is 466 g/mol. The van der Waals surface area contributed by atoms with Crippen molar-refractivity contribution in [2.24, 2.45) is 0 Å². The van der Waals surface area contributed by atoms with Crippen LogP contribution in [0.15, 0.2) is 85.2 Å². The number of hydrogen-bond acceptors (Lipinski definition) is 7. The number of anilines is 3. The minimum atomic E-state index is -0.597. The Kier molecular flexibility index (Phi) is 6.66. The number of carbonyl (C=O) groups excluding carboxylic acids is 1. The number of ether oxygens (including phenoxy) is 1. The van der Waals surface area contributed by atoms with Gasteiger partial charge in [-0.2, -0.15) is 4.98 Å². The summed E-state index contributed by atoms with van der Waals surface area (Å²) in [6.07, 6.45) is 6.14. The number of methoxy groups -OCH3 is 1. The molecule has 2 aromatic heterocycles. The van der Waals surface area contributed by atoms with Crippen LogP contribution in [0.2, 0.25) is 0 Å². The fourth-order valence-corrected chi connectivity index (χ4v) is 4.38. The van der Waals surface area contributed by atoms with Crippen LogP contribution < -0.4 is 10.2 Å². The van der Waals surface area contributed by atoms with E-state index in [1.54, 1.807) is 6.20 Å². The van der Waals surface area contributed by atoms with E-state index in [0.29, 0.717) is 12.4 Å². The molecule has 0 radical (unpaired) electrons. The molecule has 2 aromatic carbocycles. The van der Waals surface area contributed by atoms with Gasteiger partial charge in [0.25, 0.3) is 0 Å². The Morgan fingerprint density at radius 2 is 1.83 bits per heavy atom. The molecule has 1 aliphatic rings. The van der Waals surface area contributed by atoms with Crippen LogP contribution in [0.1, 0.15) is 17.5 Å². The van der Waals surface area contributed by atoms with Gasteiger partial charge in [0, 0.05) is 36.6 Å². The topological polar surface area (TPSA) is 80.2 Å². The van der Waals surface area contributed by atoms with E-state index in [0.717, 1.165) is 47.7 Å². The number of aryl methyl sites for hydroxylation is 1. The molecule has 5 rings (SSSR count). The normalized spacial score (nSPS) is 13.6. The van der Waals surface area contributed by atoms with E-state index in [-0.39, 0.29) is 5.97 Å². The van der Waals surface area contributed by atoms with Crippen LogP contribution in [-0.4, -0.2) is 40.6 Å². The number of hydrogen-bond donors (Lipinski definition) is 1. The SMILES string of the molecule is COC(=O)C(Cc1ccccc1)Nc1nccc(N2CCCc3cnc(-c4ccccc4)cc32)n1. The number of rotatable bonds is 7. The molecule has 1 aliphatic heterocycles. The number of nitrogens with one attached hydrogen (secondary N) is 1. The van der Waals surface area contributed by atoms with Gasteiger partial charge in [-0.1, -0.05) is 60.7 Å². The number of carbonyl (C=O) groups is 1. The van der Waals surface area contributed by atoms with Crippen molar-refractivity contribution in [2.75, 3.05) is 23.9 Å². The Morgan fingerprint density at radius 1 is 1.06 bits per heavy atom. The first-order chi connectivity index (χ1) is 17.2. The first kappa shape index (κ1) is 22.5. The summed E-state index contributed by atoms with van der Waals surface area (Å²) in [5, 5.41) is 3.18. The van der Waals surface area contributed by atoms with E-state index in [1.807, 2.05) is 60.8 Å². The second-order valence-corrected chi connectivity index (χ2v) is 8.47. The van der Waals surface area contributed by atoms with E-state index in [9.17, 15) is 4.79 Å². The maximum absolute atomic E-state index is 12.5. The third-order valence-electron chi connectivity index (χ3n) is 6.14. The molecule has 4 aromatic rings. The molecule has 3 heterocycles. The van der Waals surface area contributed by atoms with Crippen molar-refractivity contribution >= 4 is 23.4 Å². The molecule has 1 N–H and O–H groups in total. The van der Waals surface area contributed by atoms with Gasteiger partial charge in [0.15, 0.2) is 0 Å². The Hall–Kier alpha value is -4.26. The lowest BCUT2D eigenvalue weighted by molar-refractivity contribution is -0.141. The van der Waals surface area contributed by atoms with Crippen molar-refractivity contribution in [2.45, 2.75) is 25.3 Å². The molecule has 7 nitrogen and oxygen atoms in total. The second kappa shape index (κ2) is 10.3. The molecule has 1 atom stereocenters. The maximum Gasteiger partial charge on any atom is 0.328 e. The monoisotopic (exact) mass is 465 g/mol. The summed E-state index contributed by atoms with van der Waals surface area (Å²) >= 11 is 0. The molecule has 0 saturated heterocycles. The lowest BCUT2D eigenvalue weighted by Crippen LogP contribution is -2.34. The molecule has 35 heavy (non-hydrogen) atoms. The Labute approximate surface area is 204 Å². The fourth-order valence-electron chi connectivity index (χ4n) is 4.38. The summed E-state index contributed by atoms with van der Waals surface area (Å²) < 4.78 is 5.03. The predicted octanol–water partition coefficient (Wildman–Crippen LogP) is 4.82. The predicted molar refractivity (Wildman–Crippen MR) is 137 cm³/mol. The molecule has 0 bridgehead atoms. The average Bonchev–Trinajstić information content (AvgIpc) is 2.93. The van der Waals surface area contributed by atoms with Gasteiger partial charge < -0.3 is 15.0 Å². The smallest absolute Gasteiger partial charge is 0.328 e. The third kappa shape index (κ3) is 5.14. The highest BCUT2D eigenvalue weighted by molar-refractivity contribution is 5.79. The molecule has 0 fully saturated rings. The first-order valence-electron chi connectivity index (χ1n) is 11.7. The van der Waals surface area contributed by atoms with E-state index in [2.05, 4.69) is 33.4 Å². The molecule has 0 spiro atoms. The van der Waals surface area contributed by atoms with E-state index in [1.165, 1.54) is 12.7 Å². The Bertz CT molecular complexity index is 1300. The van der Waals surface area contributed by atoms with E-state index >= 15 is 0 Å². The van der Waals surface area contributed by atoms with Gasteiger partial charge in [0.2, 0.25) is 5.95 Å². The highest BCUT2D eigenvalue weighted by Gasteiger charge is 2.23. The number of aromatic nitrogens is 3. The summed E-state index contributed by atoms with van der Waals surface area (Å²) in [7, 11) is 1.39. The van der Waals surface area contributed by atoms with Crippen LogP contribution in [-0.2, 0) is 22.4 Å². The standard InChI is InChI=1S/C28H27N5O2/c1-35-27(34)24(17-20-9-4-2-5-10-20)31-28-29-15-14-26(32-28)33-16-8-13-22-19-30-23(18-25(22)33)21-11-6-3-7-12-21/h2-7,9-12,14-15,18-19,24H,8,13,16-17H2,1H3,(H,29,31,32). The second-order valence-electron chi connectivity index (χ2n) is 8.47. The number of esters is 1. The van der Waals surface area contributed by atoms with Crippen LogP contribution >= 0.6 is 0 Å². The number of nitrogens with zero attached hydrogens (tertiary/aromatic N) is 4. The Balaban J connectivity index is 1.42. The largest absolute Gasteiger partial charge is 0.467 e. The summed E-state index contributed by atoms with van der Waals surface area (Å²) in [5.74, 6) is 0.806. The molecule has 0 amide bonds. The van der Waals surface area contributed by atoms with Gasteiger partial charge in [-0.15, -0.1) is 0 Å². The fraction of sp³-hybridized carbons (Fsp3) is 0.214. The van der Waals surface area contributed by atoms with Gasteiger partial charge in [-0.05, 0) is 36.1 Å². The zero-order chi connectivity index (χ0) is 24.0. The summed E-state index contributed by atoms with van der Waals surface area (Å²) in [6.45, 7) is 0.839. The molecule has 0 saturated carbocycles. The van der Waals surface area contributed by atoms with Crippen molar-refractivity contribution < 1.29 is 9.53 Å². The number of benzene rings is 2. The van der Waals surface area contributed by atoms with Crippen molar-refractivity contribution in [3.63, 3.8) is 0 Å². The molecular formula is C28H27N5O2. The highest BCUT2D eigenvalue weighted by atomic mass is 16.5. The third-order valence-corrected chi connectivity index (χ3v) is 6.14. The molecule has 0 aliphatic carbocycles. The number of pyridine rings is 1. The highest BCUT2D eigenvalue weighted by Crippen LogP contribution is 2.34.